The van der Waals surface area contributed by atoms with Crippen LogP contribution in [0.2, 0.25) is 0 Å². The number of esters is 1. The van der Waals surface area contributed by atoms with E-state index in [9.17, 15) is 29.1 Å². The first-order valence-electron chi connectivity index (χ1n) is 18.5. The maximum absolute atomic E-state index is 14.3. The minimum Gasteiger partial charge on any atom is -0.475 e. The molecule has 1 saturated heterocycles. The second kappa shape index (κ2) is 18.8. The molecule has 0 spiro atoms. The highest BCUT2D eigenvalue weighted by Crippen LogP contribution is 2.27. The molecule has 52 heavy (non-hydrogen) atoms. The van der Waals surface area contributed by atoms with Crippen LogP contribution in [-0.4, -0.2) is 106 Å². The normalized spacial score (nSPS) is 24.8. The summed E-state index contributed by atoms with van der Waals surface area (Å²) in [5, 5.41) is 16.6. The van der Waals surface area contributed by atoms with Crippen molar-refractivity contribution in [1.29, 1.82) is 0 Å². The number of amides is 4. The zero-order valence-electron chi connectivity index (χ0n) is 31.1. The van der Waals surface area contributed by atoms with E-state index in [1.165, 1.54) is 9.80 Å². The highest BCUT2D eigenvalue weighted by Gasteiger charge is 2.44. The number of aliphatic hydroxyl groups excluding tert-OH is 1. The van der Waals surface area contributed by atoms with Gasteiger partial charge in [0.05, 0.1) is 18.3 Å². The van der Waals surface area contributed by atoms with Crippen molar-refractivity contribution in [2.24, 2.45) is 5.92 Å². The van der Waals surface area contributed by atoms with Crippen molar-refractivity contribution >= 4 is 29.6 Å². The number of likely N-dealkylation sites (N-methyl/N-ethyl adjacent to an activating group) is 1. The van der Waals surface area contributed by atoms with Crippen molar-refractivity contribution in [3.8, 4) is 5.75 Å². The monoisotopic (exact) mass is 721 g/mol. The van der Waals surface area contributed by atoms with Gasteiger partial charge in [-0.2, -0.15) is 0 Å². The van der Waals surface area contributed by atoms with Gasteiger partial charge in [0.25, 0.3) is 5.91 Å². The van der Waals surface area contributed by atoms with Crippen LogP contribution in [0.1, 0.15) is 95.0 Å². The number of nitrogens with one attached hydrogen (secondary N) is 2. The number of carbonyl (C=O) groups is 5. The van der Waals surface area contributed by atoms with Crippen molar-refractivity contribution in [2.45, 2.75) is 115 Å². The van der Waals surface area contributed by atoms with E-state index in [1.807, 2.05) is 19.9 Å². The second-order valence-corrected chi connectivity index (χ2v) is 14.7. The molecule has 13 nitrogen and oxygen atoms in total. The molecule has 2 aromatic rings. The lowest BCUT2D eigenvalue weighted by molar-refractivity contribution is -0.159. The number of nitrogens with zero attached hydrogens (tertiary/aromatic N) is 3. The molecule has 13 heteroatoms. The Kier molecular flexibility index (Phi) is 14.6. The molecular formula is C39H55N5O8. The summed E-state index contributed by atoms with van der Waals surface area (Å²) in [5.41, 5.74) is -0.516. The van der Waals surface area contributed by atoms with Gasteiger partial charge in [0, 0.05) is 45.4 Å². The van der Waals surface area contributed by atoms with E-state index in [0.717, 1.165) is 37.7 Å². The Bertz CT molecular complexity index is 1530. The van der Waals surface area contributed by atoms with Crippen molar-refractivity contribution in [1.82, 2.24) is 25.4 Å². The van der Waals surface area contributed by atoms with Gasteiger partial charge in [-0.3, -0.25) is 24.2 Å². The average Bonchev–Trinajstić information content (AvgIpc) is 3.51. The van der Waals surface area contributed by atoms with Crippen LogP contribution in [0.4, 0.5) is 0 Å². The molecule has 1 aromatic heterocycles. The second-order valence-electron chi connectivity index (χ2n) is 14.7. The van der Waals surface area contributed by atoms with Crippen LogP contribution in [0.15, 0.2) is 48.8 Å². The van der Waals surface area contributed by atoms with Gasteiger partial charge in [0.1, 0.15) is 23.9 Å². The number of hydrogen-bond acceptors (Lipinski definition) is 9. The first-order valence-corrected chi connectivity index (χ1v) is 18.5. The first-order chi connectivity index (χ1) is 24.8. The summed E-state index contributed by atoms with van der Waals surface area (Å²) in [4.78, 5) is 75.9. The predicted molar refractivity (Wildman–Crippen MR) is 194 cm³/mol. The molecule has 1 fully saturated rings. The Morgan fingerprint density at radius 2 is 1.67 bits per heavy atom. The summed E-state index contributed by atoms with van der Waals surface area (Å²) in [6.45, 7) is 7.54. The smallest absolute Gasteiger partial charge is 0.349 e. The standard InChI is InChI=1S/C39H55N5O8/c1-26(2)21-30-36(48)44-25-28(45)23-32(44)37(49)43(5)31(22-27-15-14-18-40-24-27)35(47)41-19-12-8-6-7-9-13-20-51-38(50)39(3,4)52-33-17-11-10-16-29(33)34(46)42-30/h10-11,14-18,24,26,28,30-32,45H,6-9,12-13,19-23,25H2,1-5H3,(H,41,47)(H,42,46)/t28-,30+,31-,32+/m0/s1. The summed E-state index contributed by atoms with van der Waals surface area (Å²) < 4.78 is 11.6. The molecule has 4 atom stereocenters. The lowest BCUT2D eigenvalue weighted by Gasteiger charge is -2.34. The number of fused-ring (bicyclic) bond motifs is 2. The molecule has 0 saturated carbocycles. The number of pyridine rings is 1. The lowest BCUT2D eigenvalue weighted by atomic mass is 10.0. The quantitative estimate of drug-likeness (QED) is 0.401. The number of carbonyl (C=O) groups excluding carboxylic acids is 5. The van der Waals surface area contributed by atoms with Gasteiger partial charge in [-0.25, -0.2) is 4.79 Å². The van der Waals surface area contributed by atoms with Gasteiger partial charge in [-0.05, 0) is 62.8 Å². The maximum Gasteiger partial charge on any atom is 0.349 e. The van der Waals surface area contributed by atoms with Gasteiger partial charge >= 0.3 is 5.97 Å². The average molecular weight is 722 g/mol. The topological polar surface area (TPSA) is 167 Å². The molecule has 0 radical (unpaired) electrons. The van der Waals surface area contributed by atoms with Gasteiger partial charge in [-0.15, -0.1) is 0 Å². The molecule has 4 rings (SSSR count). The number of ether oxygens (including phenoxy) is 2. The molecule has 2 aliphatic rings. The summed E-state index contributed by atoms with van der Waals surface area (Å²) >= 11 is 0. The number of aromatic nitrogens is 1. The summed E-state index contributed by atoms with van der Waals surface area (Å²) in [5.74, 6) is -2.37. The molecule has 0 unspecified atom stereocenters. The number of hydrogen-bond donors (Lipinski definition) is 3. The Labute approximate surface area is 306 Å². The molecule has 3 heterocycles. The third kappa shape index (κ3) is 11.0. The van der Waals surface area contributed by atoms with E-state index in [0.29, 0.717) is 13.0 Å². The Morgan fingerprint density at radius 1 is 0.962 bits per heavy atom. The van der Waals surface area contributed by atoms with Crippen LogP contribution in [0.3, 0.4) is 0 Å². The minimum absolute atomic E-state index is 0.0135. The predicted octanol–water partition coefficient (Wildman–Crippen LogP) is 3.43. The van der Waals surface area contributed by atoms with E-state index in [4.69, 9.17) is 9.47 Å². The molecule has 4 amide bonds. The van der Waals surface area contributed by atoms with E-state index >= 15 is 0 Å². The zero-order chi connectivity index (χ0) is 37.8. The number of rotatable bonds is 4. The summed E-state index contributed by atoms with van der Waals surface area (Å²) in [7, 11) is 1.54. The largest absolute Gasteiger partial charge is 0.475 e. The van der Waals surface area contributed by atoms with Gasteiger partial charge in [-0.1, -0.05) is 57.7 Å². The van der Waals surface area contributed by atoms with Crippen molar-refractivity contribution in [3.05, 3.63) is 59.9 Å². The van der Waals surface area contributed by atoms with Crippen LogP contribution in [0, 0.1) is 5.92 Å². The molecule has 0 aliphatic carbocycles. The van der Waals surface area contributed by atoms with Crippen molar-refractivity contribution in [2.75, 3.05) is 26.7 Å². The van der Waals surface area contributed by atoms with E-state index < -0.39 is 53.5 Å². The number of cyclic esters (lactones) is 1. The highest BCUT2D eigenvalue weighted by molar-refractivity contribution is 6.00. The Hall–Kier alpha value is -4.52. The van der Waals surface area contributed by atoms with E-state index in [-0.39, 0.29) is 55.6 Å². The molecule has 0 bridgehead atoms. The maximum atomic E-state index is 14.3. The first kappa shape index (κ1) is 40.3. The molecular weight excluding hydrogens is 666 g/mol. The number of para-hydroxylation sites is 1. The number of benzene rings is 1. The van der Waals surface area contributed by atoms with Crippen LogP contribution in [0.25, 0.3) is 0 Å². The third-order valence-corrected chi connectivity index (χ3v) is 9.52. The molecule has 1 aromatic carbocycles. The lowest BCUT2D eigenvalue weighted by Crippen LogP contribution is -2.57. The summed E-state index contributed by atoms with van der Waals surface area (Å²) in [6, 6.07) is 7.07. The van der Waals surface area contributed by atoms with Crippen molar-refractivity contribution in [3.63, 3.8) is 0 Å². The number of aliphatic hydroxyl groups is 1. The molecule has 2 aliphatic heterocycles. The van der Waals surface area contributed by atoms with Gasteiger partial charge in [0.2, 0.25) is 17.7 Å². The summed E-state index contributed by atoms with van der Waals surface area (Å²) in [6.07, 6.45) is 7.84. The Morgan fingerprint density at radius 3 is 2.38 bits per heavy atom. The van der Waals surface area contributed by atoms with E-state index in [1.54, 1.807) is 63.6 Å². The fourth-order valence-corrected chi connectivity index (χ4v) is 6.62. The highest BCUT2D eigenvalue weighted by atomic mass is 16.6. The van der Waals surface area contributed by atoms with Gasteiger partial charge in [0.15, 0.2) is 5.60 Å². The molecule has 284 valence electrons. The third-order valence-electron chi connectivity index (χ3n) is 9.52. The SMILES string of the molecule is CC(C)C[C@H]1NC(=O)c2ccccc2OC(C)(C)C(=O)OCCCCCCCCNC(=O)[C@H](Cc2cccnc2)N(C)C(=O)[C@H]2C[C@H](O)CN2C1=O. The minimum atomic E-state index is -1.40. The molecule has 3 N–H and O–H groups in total. The van der Waals surface area contributed by atoms with Crippen molar-refractivity contribution < 1.29 is 38.6 Å². The zero-order valence-corrected chi connectivity index (χ0v) is 31.1. The Balaban J connectivity index is 1.65. The fraction of sp³-hybridized carbons (Fsp3) is 0.590. The van der Waals surface area contributed by atoms with Crippen LogP contribution >= 0.6 is 0 Å². The fourth-order valence-electron chi connectivity index (χ4n) is 6.62. The van der Waals surface area contributed by atoms with Gasteiger partial charge < -0.3 is 35.0 Å². The van der Waals surface area contributed by atoms with Crippen LogP contribution in [-0.2, 0) is 30.3 Å². The van der Waals surface area contributed by atoms with E-state index in [2.05, 4.69) is 15.6 Å². The van der Waals surface area contributed by atoms with Crippen LogP contribution in [0.5, 0.6) is 5.75 Å². The van der Waals surface area contributed by atoms with Crippen LogP contribution < -0.4 is 15.4 Å².